The van der Waals surface area contributed by atoms with Crippen LogP contribution in [0, 0.1) is 0 Å². The van der Waals surface area contributed by atoms with Gasteiger partial charge in [0.15, 0.2) is 6.10 Å². The van der Waals surface area contributed by atoms with Gasteiger partial charge in [0, 0.05) is 5.57 Å². The summed E-state index contributed by atoms with van der Waals surface area (Å²) in [5.41, 5.74) is 2.24. The highest BCUT2D eigenvalue weighted by molar-refractivity contribution is 5.87. The Morgan fingerprint density at radius 1 is 1.15 bits per heavy atom. The van der Waals surface area contributed by atoms with Crippen LogP contribution in [-0.2, 0) is 9.53 Å². The van der Waals surface area contributed by atoms with Crippen molar-refractivity contribution in [3.63, 3.8) is 0 Å². The van der Waals surface area contributed by atoms with E-state index in [0.29, 0.717) is 5.69 Å². The summed E-state index contributed by atoms with van der Waals surface area (Å²) in [5.74, 6) is -3.26. The van der Waals surface area contributed by atoms with Crippen LogP contribution < -0.4 is 4.74 Å². The van der Waals surface area contributed by atoms with Crippen molar-refractivity contribution in [3.05, 3.63) is 60.7 Å². The number of fused-ring (bicyclic) bond motifs is 1. The van der Waals surface area contributed by atoms with Gasteiger partial charge >= 0.3 is 11.9 Å². The molecule has 2 atom stereocenters. The first-order valence-corrected chi connectivity index (χ1v) is 8.19. The quantitative estimate of drug-likeness (QED) is 0.388. The smallest absolute Gasteiger partial charge is 0.398 e. The number of hydrogen-bond acceptors (Lipinski definition) is 7. The molecule has 8 nitrogen and oxygen atoms in total. The molecule has 3 rings (SSSR count). The van der Waals surface area contributed by atoms with E-state index in [1.54, 1.807) is 12.1 Å². The van der Waals surface area contributed by atoms with Crippen LogP contribution in [0.25, 0.3) is 16.7 Å². The molecule has 8 heteroatoms. The monoisotopic (exact) mass is 369 g/mol. The molecule has 0 bridgehead atoms. The molecule has 27 heavy (non-hydrogen) atoms. The summed E-state index contributed by atoms with van der Waals surface area (Å²) in [4.78, 5) is 13.2. The van der Waals surface area contributed by atoms with E-state index in [1.165, 1.54) is 30.8 Å². The Hall–Kier alpha value is -3.23. The number of rotatable bonds is 6. The van der Waals surface area contributed by atoms with Gasteiger partial charge in [0.2, 0.25) is 0 Å². The highest BCUT2D eigenvalue weighted by Gasteiger charge is 2.40. The number of aliphatic hydroxyl groups excluding tert-OH is 1. The molecule has 0 aliphatic rings. The summed E-state index contributed by atoms with van der Waals surface area (Å²) in [5, 5.41) is 28.9. The predicted octanol–water partition coefficient (Wildman–Crippen LogP) is 1.95. The SMILES string of the molecule is C=C(C)C(=O)OC(O)(Oc1ccc(-n2nc3ccccc3n2)cc1)C(C)O. The van der Waals surface area contributed by atoms with Gasteiger partial charge in [-0.1, -0.05) is 18.7 Å². The van der Waals surface area contributed by atoms with Gasteiger partial charge in [-0.2, -0.15) is 4.80 Å². The molecule has 0 radical (unpaired) electrons. The molecule has 2 unspecified atom stereocenters. The van der Waals surface area contributed by atoms with Crippen molar-refractivity contribution in [2.24, 2.45) is 0 Å². The van der Waals surface area contributed by atoms with E-state index in [2.05, 4.69) is 16.8 Å². The van der Waals surface area contributed by atoms with E-state index in [9.17, 15) is 15.0 Å². The van der Waals surface area contributed by atoms with Gasteiger partial charge in [-0.05, 0) is 50.2 Å². The Morgan fingerprint density at radius 3 is 2.19 bits per heavy atom. The molecule has 2 aromatic carbocycles. The zero-order valence-electron chi connectivity index (χ0n) is 14.9. The van der Waals surface area contributed by atoms with Gasteiger partial charge in [0.25, 0.3) is 0 Å². The van der Waals surface area contributed by atoms with Crippen LogP contribution in [0.2, 0.25) is 0 Å². The lowest BCUT2D eigenvalue weighted by atomic mass is 10.3. The standard InChI is InChI=1S/C19H19N3O5/c1-12(2)18(24)27-19(25,13(3)23)26-15-10-8-14(9-11-15)22-20-16-6-4-5-7-17(16)21-22/h4-11,13,23,25H,1H2,2-3H3. The number of carbonyl (C=O) groups excluding carboxylic acids is 1. The molecule has 0 aliphatic heterocycles. The normalized spacial score (nSPS) is 14.4. The molecular weight excluding hydrogens is 350 g/mol. The molecule has 2 N–H and O–H groups in total. The summed E-state index contributed by atoms with van der Waals surface area (Å²) in [6.07, 6.45) is -1.50. The number of nitrogens with zero attached hydrogens (tertiary/aromatic N) is 3. The number of carbonyl (C=O) groups is 1. The van der Waals surface area contributed by atoms with Crippen molar-refractivity contribution in [3.8, 4) is 11.4 Å². The summed E-state index contributed by atoms with van der Waals surface area (Å²) in [6.45, 7) is 6.08. The number of aliphatic hydroxyl groups is 2. The van der Waals surface area contributed by atoms with Crippen LogP contribution in [-0.4, -0.2) is 43.3 Å². The van der Waals surface area contributed by atoms with Crippen molar-refractivity contribution in [1.82, 2.24) is 15.0 Å². The maximum absolute atomic E-state index is 11.7. The summed E-state index contributed by atoms with van der Waals surface area (Å²) >= 11 is 0. The van der Waals surface area contributed by atoms with Crippen LogP contribution in [0.15, 0.2) is 60.7 Å². The van der Waals surface area contributed by atoms with Crippen LogP contribution in [0.1, 0.15) is 13.8 Å². The predicted molar refractivity (Wildman–Crippen MR) is 97.0 cm³/mol. The van der Waals surface area contributed by atoms with Crippen molar-refractivity contribution in [2.45, 2.75) is 25.9 Å². The summed E-state index contributed by atoms with van der Waals surface area (Å²) in [6, 6.07) is 13.9. The van der Waals surface area contributed by atoms with Gasteiger partial charge in [-0.3, -0.25) is 0 Å². The fraction of sp³-hybridized carbons (Fsp3) is 0.211. The molecule has 0 saturated carbocycles. The fourth-order valence-corrected chi connectivity index (χ4v) is 2.20. The topological polar surface area (TPSA) is 107 Å². The average molecular weight is 369 g/mol. The van der Waals surface area contributed by atoms with Gasteiger partial charge in [0.05, 0.1) is 5.69 Å². The van der Waals surface area contributed by atoms with E-state index in [-0.39, 0.29) is 11.3 Å². The third kappa shape index (κ3) is 3.97. The third-order valence-electron chi connectivity index (χ3n) is 3.73. The van der Waals surface area contributed by atoms with Gasteiger partial charge < -0.3 is 19.7 Å². The van der Waals surface area contributed by atoms with Gasteiger partial charge in [-0.25, -0.2) is 4.79 Å². The van der Waals surface area contributed by atoms with Crippen LogP contribution in [0.5, 0.6) is 5.75 Å². The average Bonchev–Trinajstić information content (AvgIpc) is 3.06. The minimum atomic E-state index is -2.55. The molecule has 0 aliphatic carbocycles. The number of aromatic nitrogens is 3. The van der Waals surface area contributed by atoms with E-state index in [0.717, 1.165) is 11.0 Å². The Kier molecular flexibility index (Phi) is 4.93. The van der Waals surface area contributed by atoms with E-state index < -0.39 is 18.0 Å². The van der Waals surface area contributed by atoms with Crippen molar-refractivity contribution in [2.75, 3.05) is 0 Å². The minimum Gasteiger partial charge on any atom is -0.428 e. The minimum absolute atomic E-state index is 0.0600. The number of esters is 1. The fourth-order valence-electron chi connectivity index (χ4n) is 2.20. The van der Waals surface area contributed by atoms with Crippen LogP contribution in [0.3, 0.4) is 0 Å². The molecule has 0 fully saturated rings. The Bertz CT molecular complexity index is 947. The molecule has 1 aromatic heterocycles. The highest BCUT2D eigenvalue weighted by Crippen LogP contribution is 2.23. The molecule has 0 saturated heterocycles. The highest BCUT2D eigenvalue weighted by atomic mass is 16.8. The Morgan fingerprint density at radius 2 is 1.70 bits per heavy atom. The first kappa shape index (κ1) is 18.6. The molecule has 0 amide bonds. The maximum atomic E-state index is 11.7. The van der Waals surface area contributed by atoms with Crippen molar-refractivity contribution in [1.29, 1.82) is 0 Å². The maximum Gasteiger partial charge on any atom is 0.398 e. The van der Waals surface area contributed by atoms with Crippen molar-refractivity contribution < 1.29 is 24.5 Å². The zero-order valence-corrected chi connectivity index (χ0v) is 14.9. The molecule has 3 aromatic rings. The zero-order chi connectivity index (χ0) is 19.6. The first-order valence-electron chi connectivity index (χ1n) is 8.19. The second-order valence-corrected chi connectivity index (χ2v) is 6.05. The second-order valence-electron chi connectivity index (χ2n) is 6.05. The van der Waals surface area contributed by atoms with E-state index >= 15 is 0 Å². The molecule has 1 heterocycles. The molecule has 140 valence electrons. The number of ether oxygens (including phenoxy) is 2. The van der Waals surface area contributed by atoms with E-state index in [4.69, 9.17) is 9.47 Å². The number of hydrogen-bond donors (Lipinski definition) is 2. The number of benzene rings is 2. The lowest BCUT2D eigenvalue weighted by Crippen LogP contribution is -2.50. The van der Waals surface area contributed by atoms with E-state index in [1.807, 2.05) is 24.3 Å². The Labute approximate surface area is 155 Å². The third-order valence-corrected chi connectivity index (χ3v) is 3.73. The summed E-state index contributed by atoms with van der Waals surface area (Å²) < 4.78 is 10.1. The van der Waals surface area contributed by atoms with Crippen molar-refractivity contribution >= 4 is 17.0 Å². The van der Waals surface area contributed by atoms with Crippen LogP contribution >= 0.6 is 0 Å². The second kappa shape index (κ2) is 7.18. The lowest BCUT2D eigenvalue weighted by Gasteiger charge is -2.30. The largest absolute Gasteiger partial charge is 0.428 e. The lowest BCUT2D eigenvalue weighted by molar-refractivity contribution is -0.337. The van der Waals surface area contributed by atoms with Crippen LogP contribution in [0.4, 0.5) is 0 Å². The van der Waals surface area contributed by atoms with Gasteiger partial charge in [0.1, 0.15) is 16.8 Å². The molecule has 0 spiro atoms. The summed E-state index contributed by atoms with van der Waals surface area (Å²) in [7, 11) is 0. The first-order chi connectivity index (χ1) is 12.8. The molecular formula is C19H19N3O5. The Balaban J connectivity index is 1.81. The van der Waals surface area contributed by atoms with Gasteiger partial charge in [-0.15, -0.1) is 10.2 Å².